The summed E-state index contributed by atoms with van der Waals surface area (Å²) in [4.78, 5) is 16.8. The van der Waals surface area contributed by atoms with E-state index in [4.69, 9.17) is 4.74 Å². The van der Waals surface area contributed by atoms with E-state index in [-0.39, 0.29) is 18.5 Å². The molecular weight excluding hydrogens is 314 g/mol. The Hall–Kier alpha value is -2.40. The van der Waals surface area contributed by atoms with Gasteiger partial charge in [-0.25, -0.2) is 0 Å². The molecule has 1 aromatic carbocycles. The Morgan fingerprint density at radius 3 is 2.64 bits per heavy atom. The van der Waals surface area contributed by atoms with Crippen molar-refractivity contribution in [2.24, 2.45) is 5.92 Å². The molecule has 0 bridgehead atoms. The van der Waals surface area contributed by atoms with Crippen molar-refractivity contribution >= 4 is 11.6 Å². The normalized spacial score (nSPS) is 12.0. The zero-order valence-corrected chi connectivity index (χ0v) is 15.4. The fourth-order valence-electron chi connectivity index (χ4n) is 2.72. The summed E-state index contributed by atoms with van der Waals surface area (Å²) in [6.45, 7) is 8.96. The first-order valence-corrected chi connectivity index (χ1v) is 8.69. The van der Waals surface area contributed by atoms with Gasteiger partial charge in [0.25, 0.3) is 0 Å². The van der Waals surface area contributed by atoms with E-state index in [0.717, 1.165) is 11.3 Å². The molecule has 0 aliphatic carbocycles. The number of amides is 1. The molecule has 1 heterocycles. The van der Waals surface area contributed by atoms with Crippen LogP contribution in [0.15, 0.2) is 42.6 Å². The van der Waals surface area contributed by atoms with Crippen molar-refractivity contribution < 1.29 is 9.53 Å². The van der Waals surface area contributed by atoms with Crippen molar-refractivity contribution in [2.75, 3.05) is 18.5 Å². The summed E-state index contributed by atoms with van der Waals surface area (Å²) in [5.74, 6) is 0.892. The molecule has 1 atom stereocenters. The molecule has 0 unspecified atom stereocenters. The Bertz CT molecular complexity index is 701. The Morgan fingerprint density at radius 1 is 1.20 bits per heavy atom. The quantitative estimate of drug-likeness (QED) is 0.768. The third kappa shape index (κ3) is 5.29. The van der Waals surface area contributed by atoms with Gasteiger partial charge < -0.3 is 10.1 Å². The molecule has 0 fully saturated rings. The molecule has 0 aliphatic rings. The Balaban J connectivity index is 2.02. The van der Waals surface area contributed by atoms with E-state index < -0.39 is 0 Å². The largest absolute Gasteiger partial charge is 0.492 e. The monoisotopic (exact) mass is 341 g/mol. The topological polar surface area (TPSA) is 63.2 Å². The highest BCUT2D eigenvalue weighted by Gasteiger charge is 2.19. The number of nitrogens with zero attached hydrogens (tertiary/aromatic N) is 1. The number of para-hydroxylation sites is 2. The lowest BCUT2D eigenvalue weighted by Gasteiger charge is -2.23. The maximum Gasteiger partial charge on any atom is 0.238 e. The first kappa shape index (κ1) is 18.9. The zero-order valence-electron chi connectivity index (χ0n) is 15.4. The standard InChI is InChI=1S/C20H27N3O2/c1-5-25-17-11-7-6-10-16(17)23-18(24)13-22-19(14(2)3)20-15(4)9-8-12-21-20/h6-12,14,19,22H,5,13H2,1-4H3,(H,23,24)/t19-/m0/s1. The van der Waals surface area contributed by atoms with Crippen LogP contribution in [-0.2, 0) is 4.79 Å². The molecule has 2 N–H and O–H groups in total. The molecule has 2 aromatic rings. The van der Waals surface area contributed by atoms with Crippen molar-refractivity contribution in [1.29, 1.82) is 0 Å². The average Bonchev–Trinajstić information content (AvgIpc) is 2.58. The minimum absolute atomic E-state index is 0.0223. The number of aryl methyl sites for hydroxylation is 1. The van der Waals surface area contributed by atoms with Gasteiger partial charge in [0.2, 0.25) is 5.91 Å². The zero-order chi connectivity index (χ0) is 18.2. The van der Waals surface area contributed by atoms with E-state index in [1.54, 1.807) is 6.20 Å². The maximum atomic E-state index is 12.4. The lowest BCUT2D eigenvalue weighted by atomic mass is 9.97. The maximum absolute atomic E-state index is 12.4. The van der Waals surface area contributed by atoms with Crippen LogP contribution in [0.2, 0.25) is 0 Å². The molecule has 1 amide bonds. The van der Waals surface area contributed by atoms with Gasteiger partial charge in [0.05, 0.1) is 30.6 Å². The number of hydrogen-bond donors (Lipinski definition) is 2. The van der Waals surface area contributed by atoms with E-state index in [2.05, 4.69) is 29.5 Å². The van der Waals surface area contributed by atoms with Crippen molar-refractivity contribution in [3.05, 3.63) is 53.9 Å². The number of anilines is 1. The molecular formula is C20H27N3O2. The highest BCUT2D eigenvalue weighted by molar-refractivity contribution is 5.93. The number of rotatable bonds is 8. The predicted molar refractivity (Wildman–Crippen MR) is 101 cm³/mol. The summed E-state index contributed by atoms with van der Waals surface area (Å²) in [6, 6.07) is 11.4. The smallest absolute Gasteiger partial charge is 0.238 e. The number of nitrogens with one attached hydrogen (secondary N) is 2. The minimum Gasteiger partial charge on any atom is -0.492 e. The number of aromatic nitrogens is 1. The summed E-state index contributed by atoms with van der Waals surface area (Å²) in [5.41, 5.74) is 2.79. The third-order valence-electron chi connectivity index (χ3n) is 3.95. The first-order valence-electron chi connectivity index (χ1n) is 8.69. The third-order valence-corrected chi connectivity index (χ3v) is 3.95. The number of carbonyl (C=O) groups excluding carboxylic acids is 1. The van der Waals surface area contributed by atoms with Gasteiger partial charge in [0.15, 0.2) is 0 Å². The number of benzene rings is 1. The molecule has 1 aromatic heterocycles. The van der Waals surface area contributed by atoms with Gasteiger partial charge in [-0.3, -0.25) is 15.1 Å². The summed E-state index contributed by atoms with van der Waals surface area (Å²) in [7, 11) is 0. The molecule has 5 heteroatoms. The van der Waals surface area contributed by atoms with E-state index in [1.807, 2.05) is 50.2 Å². The van der Waals surface area contributed by atoms with Gasteiger partial charge in [-0.05, 0) is 43.5 Å². The van der Waals surface area contributed by atoms with Crippen LogP contribution >= 0.6 is 0 Å². The minimum atomic E-state index is -0.105. The van der Waals surface area contributed by atoms with Crippen molar-refractivity contribution in [2.45, 2.75) is 33.7 Å². The highest BCUT2D eigenvalue weighted by atomic mass is 16.5. The number of ether oxygens (including phenoxy) is 1. The molecule has 25 heavy (non-hydrogen) atoms. The second-order valence-corrected chi connectivity index (χ2v) is 6.29. The van der Waals surface area contributed by atoms with E-state index in [0.29, 0.717) is 24.0 Å². The molecule has 0 radical (unpaired) electrons. The van der Waals surface area contributed by atoms with Crippen molar-refractivity contribution in [3.63, 3.8) is 0 Å². The van der Waals surface area contributed by atoms with Gasteiger partial charge >= 0.3 is 0 Å². The Kier molecular flexibility index (Phi) is 6.95. The van der Waals surface area contributed by atoms with E-state index in [9.17, 15) is 4.79 Å². The van der Waals surface area contributed by atoms with Gasteiger partial charge in [-0.15, -0.1) is 0 Å². The van der Waals surface area contributed by atoms with E-state index in [1.165, 1.54) is 0 Å². The van der Waals surface area contributed by atoms with Crippen LogP contribution in [0, 0.1) is 12.8 Å². The number of pyridine rings is 1. The van der Waals surface area contributed by atoms with Crippen LogP contribution in [0.5, 0.6) is 5.75 Å². The van der Waals surface area contributed by atoms with Gasteiger partial charge in [-0.1, -0.05) is 32.0 Å². The molecule has 134 valence electrons. The van der Waals surface area contributed by atoms with E-state index >= 15 is 0 Å². The molecule has 2 rings (SSSR count). The van der Waals surface area contributed by atoms with Crippen LogP contribution in [0.25, 0.3) is 0 Å². The molecule has 0 spiro atoms. The first-order chi connectivity index (χ1) is 12.0. The van der Waals surface area contributed by atoms with Crippen LogP contribution in [0.3, 0.4) is 0 Å². The van der Waals surface area contributed by atoms with Crippen LogP contribution in [-0.4, -0.2) is 24.0 Å². The fraction of sp³-hybridized carbons (Fsp3) is 0.400. The number of carbonyl (C=O) groups is 1. The van der Waals surface area contributed by atoms with Crippen molar-refractivity contribution in [1.82, 2.24) is 10.3 Å². The molecule has 0 aliphatic heterocycles. The second-order valence-electron chi connectivity index (χ2n) is 6.29. The van der Waals surface area contributed by atoms with Crippen LogP contribution in [0.4, 0.5) is 5.69 Å². The fourth-order valence-corrected chi connectivity index (χ4v) is 2.72. The lowest BCUT2D eigenvalue weighted by Crippen LogP contribution is -2.34. The second kappa shape index (κ2) is 9.18. The van der Waals surface area contributed by atoms with Gasteiger partial charge in [0, 0.05) is 6.20 Å². The summed E-state index contributed by atoms with van der Waals surface area (Å²) in [6.07, 6.45) is 1.79. The van der Waals surface area contributed by atoms with Gasteiger partial charge in [-0.2, -0.15) is 0 Å². The van der Waals surface area contributed by atoms with Crippen LogP contribution < -0.4 is 15.4 Å². The molecule has 0 saturated carbocycles. The Morgan fingerprint density at radius 2 is 1.96 bits per heavy atom. The van der Waals surface area contributed by atoms with Crippen LogP contribution in [0.1, 0.15) is 38.1 Å². The number of hydrogen-bond acceptors (Lipinski definition) is 4. The van der Waals surface area contributed by atoms with Gasteiger partial charge in [0.1, 0.15) is 5.75 Å². The highest BCUT2D eigenvalue weighted by Crippen LogP contribution is 2.24. The Labute approximate surface area is 149 Å². The summed E-state index contributed by atoms with van der Waals surface area (Å²) >= 11 is 0. The van der Waals surface area contributed by atoms with Crippen molar-refractivity contribution in [3.8, 4) is 5.75 Å². The summed E-state index contributed by atoms with van der Waals surface area (Å²) < 4.78 is 5.54. The SMILES string of the molecule is CCOc1ccccc1NC(=O)CN[C@H](c1ncccc1C)C(C)C. The molecule has 5 nitrogen and oxygen atoms in total. The average molecular weight is 341 g/mol. The predicted octanol–water partition coefficient (Wildman–Crippen LogP) is 3.71. The summed E-state index contributed by atoms with van der Waals surface area (Å²) in [5, 5.41) is 6.24. The molecule has 0 saturated heterocycles. The lowest BCUT2D eigenvalue weighted by molar-refractivity contribution is -0.115.